The number of ketones is 1. The molecule has 1 aliphatic heterocycles. The van der Waals surface area contributed by atoms with E-state index in [4.69, 9.17) is 14.6 Å². The third kappa shape index (κ3) is 11.2. The average molecular weight is 551 g/mol. The number of hydrogen-bond donors (Lipinski definition) is 6. The van der Waals surface area contributed by atoms with Crippen LogP contribution in [0.1, 0.15) is 98.8 Å². The Labute approximate surface area is 226 Å². The number of carbonyl (C=O) groups excluding carboxylic acids is 1. The summed E-state index contributed by atoms with van der Waals surface area (Å²) in [5, 5.41) is 58.2. The van der Waals surface area contributed by atoms with Gasteiger partial charge in [0.25, 0.3) is 0 Å². The average Bonchev–Trinajstić information content (AvgIpc) is 3.17. The maximum atomic E-state index is 12.4. The number of carbonyl (C=O) groups is 3. The number of hydrogen-bond acceptors (Lipinski definition) is 9. The summed E-state index contributed by atoms with van der Waals surface area (Å²) < 4.78 is 10.9. The molecule has 2 fully saturated rings. The number of rotatable bonds is 14. The van der Waals surface area contributed by atoms with E-state index < -0.39 is 54.9 Å². The van der Waals surface area contributed by atoms with Crippen molar-refractivity contribution in [1.29, 1.82) is 0 Å². The molecule has 0 amide bonds. The summed E-state index contributed by atoms with van der Waals surface area (Å²) in [4.78, 5) is 34.3. The van der Waals surface area contributed by atoms with Crippen LogP contribution in [-0.4, -0.2) is 91.3 Å². The van der Waals surface area contributed by atoms with Crippen molar-refractivity contribution in [3.63, 3.8) is 0 Å². The van der Waals surface area contributed by atoms with Gasteiger partial charge in [-0.1, -0.05) is 53.9 Å². The van der Waals surface area contributed by atoms with Crippen LogP contribution >= 0.6 is 0 Å². The van der Waals surface area contributed by atoms with E-state index in [9.17, 15) is 39.9 Å². The number of Topliss-reactive ketones (excluding diaryl/α,β-unsaturated/α-hetero) is 1. The van der Waals surface area contributed by atoms with E-state index in [1.807, 2.05) is 34.6 Å². The van der Waals surface area contributed by atoms with Crippen LogP contribution < -0.4 is 0 Å². The van der Waals surface area contributed by atoms with Crippen LogP contribution in [0.25, 0.3) is 0 Å². The summed E-state index contributed by atoms with van der Waals surface area (Å²) in [5.74, 6) is -2.82. The second-order valence-electron chi connectivity index (χ2n) is 9.33. The fourth-order valence-electron chi connectivity index (χ4n) is 4.88. The Balaban J connectivity index is 0.00000326. The molecule has 0 aromatic heterocycles. The quantitative estimate of drug-likeness (QED) is 0.174. The van der Waals surface area contributed by atoms with Crippen molar-refractivity contribution >= 4 is 17.7 Å². The van der Waals surface area contributed by atoms with Crippen LogP contribution in [0.15, 0.2) is 0 Å². The molecule has 224 valence electrons. The molecule has 38 heavy (non-hydrogen) atoms. The number of unbranched alkanes of at least 4 members (excludes halogenated alkanes) is 3. The summed E-state index contributed by atoms with van der Waals surface area (Å²) in [6.45, 7) is 9.82. The number of aliphatic carboxylic acids is 2. The molecule has 0 radical (unpaired) electrons. The summed E-state index contributed by atoms with van der Waals surface area (Å²) >= 11 is 0. The van der Waals surface area contributed by atoms with Crippen LogP contribution in [0.3, 0.4) is 0 Å². The van der Waals surface area contributed by atoms with Gasteiger partial charge in [0, 0.05) is 18.8 Å². The maximum Gasteiger partial charge on any atom is 0.335 e. The van der Waals surface area contributed by atoms with Crippen molar-refractivity contribution in [2.24, 2.45) is 11.8 Å². The van der Waals surface area contributed by atoms with Crippen molar-refractivity contribution in [3.8, 4) is 0 Å². The first-order valence-corrected chi connectivity index (χ1v) is 14.1. The number of ether oxygens (including phenoxy) is 2. The van der Waals surface area contributed by atoms with Crippen molar-refractivity contribution in [2.45, 2.75) is 142 Å². The van der Waals surface area contributed by atoms with Crippen molar-refractivity contribution in [2.75, 3.05) is 0 Å². The Bertz CT molecular complexity index is 686. The minimum atomic E-state index is -1.79. The Kier molecular flexibility index (Phi) is 18.6. The number of carboxylic acid groups (broad SMARTS) is 2. The first kappa shape index (κ1) is 36.4. The predicted octanol–water partition coefficient (Wildman–Crippen LogP) is 2.50. The van der Waals surface area contributed by atoms with E-state index in [2.05, 4.69) is 0 Å². The number of aliphatic hydroxyl groups is 4. The van der Waals surface area contributed by atoms with Crippen LogP contribution in [0.4, 0.5) is 0 Å². The largest absolute Gasteiger partial charge is 0.481 e. The van der Waals surface area contributed by atoms with E-state index >= 15 is 0 Å². The number of carboxylic acids is 2. The molecule has 0 spiro atoms. The van der Waals surface area contributed by atoms with E-state index in [1.54, 1.807) is 0 Å². The molecule has 2 rings (SSSR count). The van der Waals surface area contributed by atoms with Gasteiger partial charge in [-0.25, -0.2) is 4.79 Å². The smallest absolute Gasteiger partial charge is 0.335 e. The van der Waals surface area contributed by atoms with Gasteiger partial charge >= 0.3 is 11.9 Å². The van der Waals surface area contributed by atoms with Crippen molar-refractivity contribution < 1.29 is 54.5 Å². The van der Waals surface area contributed by atoms with E-state index in [0.717, 1.165) is 19.3 Å². The molecule has 6 N–H and O–H groups in total. The molecule has 5 unspecified atom stereocenters. The SMILES string of the molecule is CC.CC.CCC(CCC1C(O)CC(=O)C1CCCCCCC(=O)O)OC1O[C@H](C(=O)O)[C@@H](O)[C@H](O)[C@H]1O. The van der Waals surface area contributed by atoms with Gasteiger partial charge in [-0.05, 0) is 38.0 Å². The van der Waals surface area contributed by atoms with Gasteiger partial charge in [0.2, 0.25) is 0 Å². The normalized spacial score (nSPS) is 31.4. The Morgan fingerprint density at radius 3 is 2.08 bits per heavy atom. The highest BCUT2D eigenvalue weighted by molar-refractivity contribution is 5.84. The van der Waals surface area contributed by atoms with Gasteiger partial charge in [0.1, 0.15) is 24.1 Å². The van der Waals surface area contributed by atoms with Gasteiger partial charge < -0.3 is 40.1 Å². The predicted molar refractivity (Wildman–Crippen MR) is 139 cm³/mol. The molecule has 1 aliphatic carbocycles. The van der Waals surface area contributed by atoms with Crippen molar-refractivity contribution in [3.05, 3.63) is 0 Å². The zero-order valence-corrected chi connectivity index (χ0v) is 23.5. The van der Waals surface area contributed by atoms with Gasteiger partial charge in [-0.2, -0.15) is 0 Å². The first-order valence-electron chi connectivity index (χ1n) is 14.1. The van der Waals surface area contributed by atoms with Gasteiger partial charge in [-0.15, -0.1) is 0 Å². The lowest BCUT2D eigenvalue weighted by Gasteiger charge is -2.40. The van der Waals surface area contributed by atoms with Gasteiger partial charge in [0.05, 0.1) is 12.2 Å². The van der Waals surface area contributed by atoms with Crippen LogP contribution in [0.5, 0.6) is 0 Å². The summed E-state index contributed by atoms with van der Waals surface area (Å²) in [7, 11) is 0. The highest BCUT2D eigenvalue weighted by Gasteiger charge is 2.48. The van der Waals surface area contributed by atoms with Crippen LogP contribution in [0.2, 0.25) is 0 Å². The van der Waals surface area contributed by atoms with Crippen LogP contribution in [0, 0.1) is 11.8 Å². The summed E-state index contributed by atoms with van der Waals surface area (Å²) in [6.07, 6.45) is -4.42. The molecule has 11 nitrogen and oxygen atoms in total. The topological polar surface area (TPSA) is 191 Å². The highest BCUT2D eigenvalue weighted by Crippen LogP contribution is 2.37. The lowest BCUT2D eigenvalue weighted by molar-refractivity contribution is -0.305. The zero-order valence-electron chi connectivity index (χ0n) is 23.5. The van der Waals surface area contributed by atoms with E-state index in [1.165, 1.54) is 0 Å². The molecule has 11 heteroatoms. The second kappa shape index (κ2) is 19.4. The third-order valence-corrected chi connectivity index (χ3v) is 6.91. The molecule has 9 atom stereocenters. The molecule has 1 saturated carbocycles. The standard InChI is InChI=1S/C23H38O11.2C2H6/c1-2-12(33-23-20(30)18(28)19(29)21(34-23)22(31)32)9-10-14-13(15(24)11-16(14)25)7-5-3-4-6-8-17(26)27;2*1-2/h12-14,16,18-21,23,25,28-30H,2-11H2,1H3,(H,26,27)(H,31,32);2*1-2H3/t12?,13?,14?,16?,18-,19-,20+,21-,23?;;/m0../s1. The van der Waals surface area contributed by atoms with Gasteiger partial charge in [0.15, 0.2) is 12.4 Å². The molecule has 2 aliphatic rings. The molecule has 1 saturated heterocycles. The second-order valence-corrected chi connectivity index (χ2v) is 9.33. The Hall–Kier alpha value is -1.63. The molecule has 0 aromatic carbocycles. The van der Waals surface area contributed by atoms with Crippen LogP contribution in [-0.2, 0) is 23.9 Å². The fourth-order valence-corrected chi connectivity index (χ4v) is 4.88. The lowest BCUT2D eigenvalue weighted by atomic mass is 9.85. The Morgan fingerprint density at radius 1 is 0.921 bits per heavy atom. The fraction of sp³-hybridized carbons (Fsp3) is 0.889. The maximum absolute atomic E-state index is 12.4. The first-order chi connectivity index (χ1) is 18.1. The molecule has 1 heterocycles. The Morgan fingerprint density at radius 2 is 1.53 bits per heavy atom. The highest BCUT2D eigenvalue weighted by atomic mass is 16.7. The molecular formula is C27H50O11. The molecular weight excluding hydrogens is 500 g/mol. The lowest BCUT2D eigenvalue weighted by Crippen LogP contribution is -2.60. The van der Waals surface area contributed by atoms with Crippen molar-refractivity contribution in [1.82, 2.24) is 0 Å². The van der Waals surface area contributed by atoms with Gasteiger partial charge in [-0.3, -0.25) is 9.59 Å². The zero-order chi connectivity index (χ0) is 29.4. The molecule has 0 aromatic rings. The minimum Gasteiger partial charge on any atom is -0.481 e. The third-order valence-electron chi connectivity index (χ3n) is 6.91. The number of aliphatic hydroxyl groups excluding tert-OH is 4. The summed E-state index contributed by atoms with van der Waals surface area (Å²) in [6, 6.07) is 0. The summed E-state index contributed by atoms with van der Waals surface area (Å²) in [5.41, 5.74) is 0. The van der Waals surface area contributed by atoms with E-state index in [-0.39, 0.29) is 30.5 Å². The monoisotopic (exact) mass is 550 g/mol. The minimum absolute atomic E-state index is 0.0180. The van der Waals surface area contributed by atoms with E-state index in [0.29, 0.717) is 32.1 Å². The molecule has 0 bridgehead atoms.